The standard InChI is InChI=1S/C15H20BrN3/c16-15-13-8-4-5-11-19(13)14(18-15)9-10-17-12-6-2-1-3-7-12/h4-5,8,11-12,17H,1-3,6-7,9-10H2. The molecule has 1 N–H and O–H groups in total. The Labute approximate surface area is 122 Å². The van der Waals surface area contributed by atoms with Gasteiger partial charge in [0.05, 0.1) is 5.52 Å². The number of fused-ring (bicyclic) bond motifs is 1. The summed E-state index contributed by atoms with van der Waals surface area (Å²) in [5.41, 5.74) is 1.15. The van der Waals surface area contributed by atoms with E-state index in [0.717, 1.165) is 35.0 Å². The Hall–Kier alpha value is -0.870. The number of rotatable bonds is 4. The number of hydrogen-bond acceptors (Lipinski definition) is 2. The van der Waals surface area contributed by atoms with Crippen LogP contribution in [-0.4, -0.2) is 22.0 Å². The molecule has 102 valence electrons. The topological polar surface area (TPSA) is 29.3 Å². The molecular weight excluding hydrogens is 302 g/mol. The Balaban J connectivity index is 1.62. The Kier molecular flexibility index (Phi) is 4.18. The summed E-state index contributed by atoms with van der Waals surface area (Å²) >= 11 is 3.53. The number of halogens is 1. The maximum atomic E-state index is 4.61. The monoisotopic (exact) mass is 321 g/mol. The molecule has 2 aromatic heterocycles. The quantitative estimate of drug-likeness (QED) is 0.932. The molecule has 0 radical (unpaired) electrons. The minimum Gasteiger partial charge on any atom is -0.314 e. The zero-order valence-corrected chi connectivity index (χ0v) is 12.7. The average Bonchev–Trinajstić information content (AvgIpc) is 2.78. The third-order valence-electron chi connectivity index (χ3n) is 3.96. The molecule has 0 aromatic carbocycles. The molecule has 0 amide bonds. The van der Waals surface area contributed by atoms with Gasteiger partial charge in [0.25, 0.3) is 0 Å². The molecule has 2 aromatic rings. The molecule has 3 rings (SSSR count). The summed E-state index contributed by atoms with van der Waals surface area (Å²) in [7, 11) is 0. The molecule has 0 aliphatic heterocycles. The van der Waals surface area contributed by atoms with Gasteiger partial charge in [0.15, 0.2) is 0 Å². The van der Waals surface area contributed by atoms with E-state index in [9.17, 15) is 0 Å². The summed E-state index contributed by atoms with van der Waals surface area (Å²) in [4.78, 5) is 4.61. The maximum absolute atomic E-state index is 4.61. The number of nitrogens with zero attached hydrogens (tertiary/aromatic N) is 2. The summed E-state index contributed by atoms with van der Waals surface area (Å²) in [5, 5.41) is 3.68. The van der Waals surface area contributed by atoms with E-state index in [1.54, 1.807) is 0 Å². The van der Waals surface area contributed by atoms with Gasteiger partial charge in [-0.3, -0.25) is 0 Å². The molecule has 19 heavy (non-hydrogen) atoms. The predicted octanol–water partition coefficient (Wildman–Crippen LogP) is 3.56. The Bertz CT molecular complexity index is 543. The maximum Gasteiger partial charge on any atom is 0.132 e. The minimum absolute atomic E-state index is 0.725. The number of imidazole rings is 1. The molecule has 1 fully saturated rings. The minimum atomic E-state index is 0.725. The zero-order valence-electron chi connectivity index (χ0n) is 11.1. The fourth-order valence-electron chi connectivity index (χ4n) is 2.93. The molecule has 0 atom stereocenters. The largest absolute Gasteiger partial charge is 0.314 e. The van der Waals surface area contributed by atoms with Gasteiger partial charge >= 0.3 is 0 Å². The molecule has 1 aliphatic carbocycles. The van der Waals surface area contributed by atoms with E-state index in [0.29, 0.717) is 0 Å². The number of nitrogens with one attached hydrogen (secondary N) is 1. The van der Waals surface area contributed by atoms with Crippen LogP contribution in [0.1, 0.15) is 37.9 Å². The fourth-order valence-corrected chi connectivity index (χ4v) is 3.46. The molecule has 4 heteroatoms. The second-order valence-corrected chi connectivity index (χ2v) is 6.06. The van der Waals surface area contributed by atoms with Crippen molar-refractivity contribution >= 4 is 21.4 Å². The van der Waals surface area contributed by atoms with Crippen molar-refractivity contribution in [3.05, 3.63) is 34.8 Å². The van der Waals surface area contributed by atoms with E-state index in [-0.39, 0.29) is 0 Å². The van der Waals surface area contributed by atoms with Crippen LogP contribution in [0.5, 0.6) is 0 Å². The van der Waals surface area contributed by atoms with Crippen LogP contribution in [0.2, 0.25) is 0 Å². The van der Waals surface area contributed by atoms with Crippen LogP contribution < -0.4 is 5.32 Å². The summed E-state index contributed by atoms with van der Waals surface area (Å²) in [5.74, 6) is 1.13. The van der Waals surface area contributed by atoms with E-state index in [4.69, 9.17) is 0 Å². The highest BCUT2D eigenvalue weighted by Crippen LogP contribution is 2.19. The van der Waals surface area contributed by atoms with Crippen LogP contribution in [0, 0.1) is 0 Å². The third-order valence-corrected chi connectivity index (χ3v) is 4.55. The first-order chi connectivity index (χ1) is 9.34. The molecule has 1 aliphatic rings. The first-order valence-corrected chi connectivity index (χ1v) is 7.99. The zero-order chi connectivity index (χ0) is 13.1. The lowest BCUT2D eigenvalue weighted by Gasteiger charge is -2.22. The summed E-state index contributed by atoms with van der Waals surface area (Å²) in [6.45, 7) is 1.02. The summed E-state index contributed by atoms with van der Waals surface area (Å²) < 4.78 is 3.12. The third kappa shape index (κ3) is 3.00. The van der Waals surface area contributed by atoms with Crippen LogP contribution in [0.3, 0.4) is 0 Å². The molecule has 3 nitrogen and oxygen atoms in total. The second-order valence-electron chi connectivity index (χ2n) is 5.31. The van der Waals surface area contributed by atoms with E-state index >= 15 is 0 Å². The van der Waals surface area contributed by atoms with Gasteiger partial charge in [0.1, 0.15) is 10.4 Å². The lowest BCUT2D eigenvalue weighted by molar-refractivity contribution is 0.374. The lowest BCUT2D eigenvalue weighted by Crippen LogP contribution is -2.32. The number of hydrogen-bond donors (Lipinski definition) is 1. The van der Waals surface area contributed by atoms with Crippen molar-refractivity contribution in [1.29, 1.82) is 0 Å². The van der Waals surface area contributed by atoms with Crippen molar-refractivity contribution < 1.29 is 0 Å². The van der Waals surface area contributed by atoms with Crippen molar-refractivity contribution in [3.8, 4) is 0 Å². The molecule has 0 saturated heterocycles. The van der Waals surface area contributed by atoms with E-state index < -0.39 is 0 Å². The summed E-state index contributed by atoms with van der Waals surface area (Å²) in [6.07, 6.45) is 9.93. The van der Waals surface area contributed by atoms with E-state index in [1.165, 1.54) is 32.1 Å². The van der Waals surface area contributed by atoms with Crippen LogP contribution in [0.15, 0.2) is 29.0 Å². The van der Waals surface area contributed by atoms with Crippen LogP contribution in [-0.2, 0) is 6.42 Å². The summed E-state index contributed by atoms with van der Waals surface area (Å²) in [6, 6.07) is 6.92. The highest BCUT2D eigenvalue weighted by molar-refractivity contribution is 9.10. The van der Waals surface area contributed by atoms with Crippen molar-refractivity contribution in [1.82, 2.24) is 14.7 Å². The van der Waals surface area contributed by atoms with Gasteiger partial charge in [-0.1, -0.05) is 25.3 Å². The highest BCUT2D eigenvalue weighted by atomic mass is 79.9. The Morgan fingerprint density at radius 3 is 2.95 bits per heavy atom. The van der Waals surface area contributed by atoms with Gasteiger partial charge in [-0.15, -0.1) is 0 Å². The SMILES string of the molecule is Brc1nc(CCNC2CCCCC2)n2ccccc12. The molecule has 1 saturated carbocycles. The molecule has 2 heterocycles. The fraction of sp³-hybridized carbons (Fsp3) is 0.533. The predicted molar refractivity (Wildman–Crippen MR) is 81.5 cm³/mol. The van der Waals surface area contributed by atoms with Crippen LogP contribution in [0.4, 0.5) is 0 Å². The first kappa shape index (κ1) is 13.1. The van der Waals surface area contributed by atoms with Gasteiger partial charge in [-0.2, -0.15) is 0 Å². The molecule has 0 spiro atoms. The van der Waals surface area contributed by atoms with Gasteiger partial charge in [0, 0.05) is 25.2 Å². The second kappa shape index (κ2) is 6.06. The normalized spacial score (nSPS) is 17.1. The molecular formula is C15H20BrN3. The van der Waals surface area contributed by atoms with Crippen molar-refractivity contribution in [2.75, 3.05) is 6.54 Å². The van der Waals surface area contributed by atoms with Gasteiger partial charge < -0.3 is 9.72 Å². The highest BCUT2D eigenvalue weighted by Gasteiger charge is 2.13. The number of pyridine rings is 1. The van der Waals surface area contributed by atoms with Crippen molar-refractivity contribution in [2.45, 2.75) is 44.6 Å². The first-order valence-electron chi connectivity index (χ1n) is 7.19. The molecule has 0 unspecified atom stereocenters. The smallest absolute Gasteiger partial charge is 0.132 e. The van der Waals surface area contributed by atoms with Crippen molar-refractivity contribution in [2.24, 2.45) is 0 Å². The Morgan fingerprint density at radius 1 is 1.26 bits per heavy atom. The number of aromatic nitrogens is 2. The van der Waals surface area contributed by atoms with Gasteiger partial charge in [-0.05, 0) is 40.9 Å². The molecule has 0 bridgehead atoms. The van der Waals surface area contributed by atoms with E-state index in [2.05, 4.69) is 49.0 Å². The van der Waals surface area contributed by atoms with Crippen LogP contribution >= 0.6 is 15.9 Å². The van der Waals surface area contributed by atoms with Crippen molar-refractivity contribution in [3.63, 3.8) is 0 Å². The van der Waals surface area contributed by atoms with Gasteiger partial charge in [-0.25, -0.2) is 4.98 Å². The van der Waals surface area contributed by atoms with Crippen LogP contribution in [0.25, 0.3) is 5.52 Å². The van der Waals surface area contributed by atoms with Gasteiger partial charge in [0.2, 0.25) is 0 Å². The average molecular weight is 322 g/mol. The van der Waals surface area contributed by atoms with E-state index in [1.807, 2.05) is 6.07 Å². The lowest BCUT2D eigenvalue weighted by atomic mass is 9.95. The Morgan fingerprint density at radius 2 is 2.11 bits per heavy atom.